The van der Waals surface area contributed by atoms with Gasteiger partial charge in [0.05, 0.1) is 27.9 Å². The average molecular weight is 976 g/mol. The zero-order valence-electron chi connectivity index (χ0n) is 43.6. The van der Waals surface area contributed by atoms with Crippen LogP contribution in [-0.2, 0) is 21.7 Å². The van der Waals surface area contributed by atoms with Crippen LogP contribution < -0.4 is 26.4 Å². The van der Waals surface area contributed by atoms with Gasteiger partial charge < -0.3 is 14.4 Å². The summed E-state index contributed by atoms with van der Waals surface area (Å²) in [6.07, 6.45) is 0. The van der Waals surface area contributed by atoms with E-state index in [-0.39, 0.29) is 28.4 Å². The van der Waals surface area contributed by atoms with Crippen molar-refractivity contribution in [1.82, 2.24) is 14.5 Å². The monoisotopic (exact) mass is 975 g/mol. The highest BCUT2D eigenvalue weighted by Crippen LogP contribution is 2.50. The van der Waals surface area contributed by atoms with Crippen LogP contribution in [0.25, 0.3) is 48.6 Å². The molecule has 0 fully saturated rings. The Morgan fingerprint density at radius 2 is 0.722 bits per heavy atom. The van der Waals surface area contributed by atoms with Crippen LogP contribution in [0.5, 0.6) is 0 Å². The number of aromatic nitrogens is 3. The second-order valence-corrected chi connectivity index (χ2v) is 26.0. The fourth-order valence-corrected chi connectivity index (χ4v) is 13.1. The lowest BCUT2D eigenvalue weighted by molar-refractivity contribution is 0.590. The summed E-state index contributed by atoms with van der Waals surface area (Å²) in [4.78, 5) is 16.6. The number of rotatable bonds is 5. The van der Waals surface area contributed by atoms with E-state index in [2.05, 4.69) is 255 Å². The molecule has 72 heavy (non-hydrogen) atoms. The van der Waals surface area contributed by atoms with Crippen molar-refractivity contribution in [3.05, 3.63) is 180 Å². The summed E-state index contributed by atoms with van der Waals surface area (Å²) >= 11 is 3.58. The van der Waals surface area contributed by atoms with Crippen molar-refractivity contribution in [2.45, 2.75) is 105 Å². The van der Waals surface area contributed by atoms with Crippen LogP contribution in [0.2, 0.25) is 0 Å². The van der Waals surface area contributed by atoms with Crippen molar-refractivity contribution < 1.29 is 0 Å². The molecular formula is C64H62BN5S2. The number of nitrogens with zero attached hydrogens (tertiary/aromatic N) is 5. The topological polar surface area (TPSA) is 37.2 Å². The van der Waals surface area contributed by atoms with E-state index in [1.54, 1.807) is 22.7 Å². The van der Waals surface area contributed by atoms with E-state index in [9.17, 15) is 0 Å². The van der Waals surface area contributed by atoms with E-state index in [1.807, 2.05) is 0 Å². The summed E-state index contributed by atoms with van der Waals surface area (Å²) in [5.74, 6) is 0. The molecular weight excluding hydrogens is 914 g/mol. The molecule has 0 radical (unpaired) electrons. The molecule has 358 valence electrons. The summed E-state index contributed by atoms with van der Waals surface area (Å²) in [7, 11) is 0. The quantitative estimate of drug-likeness (QED) is 0.161. The van der Waals surface area contributed by atoms with Crippen molar-refractivity contribution >= 4 is 101 Å². The van der Waals surface area contributed by atoms with Gasteiger partial charge in [0.15, 0.2) is 0 Å². The van der Waals surface area contributed by atoms with Gasteiger partial charge in [-0.05, 0) is 97.9 Å². The van der Waals surface area contributed by atoms with Crippen molar-refractivity contribution in [2.75, 3.05) is 9.80 Å². The van der Waals surface area contributed by atoms with Gasteiger partial charge in [-0.3, -0.25) is 0 Å². The summed E-state index contributed by atoms with van der Waals surface area (Å²) in [6.45, 7) is 27.2. The molecule has 0 bridgehead atoms. The molecule has 0 atom stereocenters. The van der Waals surface area contributed by atoms with Gasteiger partial charge in [0.25, 0.3) is 0 Å². The van der Waals surface area contributed by atoms with Crippen LogP contribution in [0.15, 0.2) is 158 Å². The first kappa shape index (κ1) is 46.3. The van der Waals surface area contributed by atoms with E-state index in [4.69, 9.17) is 9.97 Å². The predicted molar refractivity (Wildman–Crippen MR) is 312 cm³/mol. The Morgan fingerprint density at radius 3 is 1.07 bits per heavy atom. The Kier molecular flexibility index (Phi) is 10.6. The molecule has 2 aliphatic heterocycles. The molecule has 3 aromatic heterocycles. The average Bonchev–Trinajstić information content (AvgIpc) is 4.08. The van der Waals surface area contributed by atoms with Gasteiger partial charge in [-0.25, -0.2) is 9.97 Å². The van der Waals surface area contributed by atoms with Gasteiger partial charge in [-0.15, -0.1) is 0 Å². The summed E-state index contributed by atoms with van der Waals surface area (Å²) in [5, 5.41) is 6.72. The van der Waals surface area contributed by atoms with Gasteiger partial charge in [-0.1, -0.05) is 215 Å². The minimum atomic E-state index is -0.236. The van der Waals surface area contributed by atoms with E-state index < -0.39 is 0 Å². The van der Waals surface area contributed by atoms with Gasteiger partial charge in [0.2, 0.25) is 0 Å². The predicted octanol–water partition coefficient (Wildman–Crippen LogP) is 16.3. The van der Waals surface area contributed by atoms with Crippen molar-refractivity contribution in [3.8, 4) is 26.8 Å². The highest BCUT2D eigenvalue weighted by Gasteiger charge is 2.48. The normalized spacial score (nSPS) is 13.8. The first-order valence-electron chi connectivity index (χ1n) is 25.4. The lowest BCUT2D eigenvalue weighted by Crippen LogP contribution is -2.62. The number of benzene rings is 7. The van der Waals surface area contributed by atoms with Crippen LogP contribution in [0.1, 0.15) is 105 Å². The summed E-state index contributed by atoms with van der Waals surface area (Å²) < 4.78 is 2.48. The second-order valence-electron chi connectivity index (χ2n) is 24.0. The molecule has 0 saturated carbocycles. The van der Waals surface area contributed by atoms with Gasteiger partial charge in [-0.2, -0.15) is 0 Å². The Balaban J connectivity index is 1.19. The number of thiazole rings is 2. The molecule has 12 rings (SSSR count). The van der Waals surface area contributed by atoms with Gasteiger partial charge >= 0.3 is 6.71 Å². The molecule has 5 heterocycles. The van der Waals surface area contributed by atoms with E-state index >= 15 is 0 Å². The fourth-order valence-electron chi connectivity index (χ4n) is 10.8. The molecule has 0 spiro atoms. The van der Waals surface area contributed by atoms with Gasteiger partial charge in [0, 0.05) is 44.6 Å². The van der Waals surface area contributed by atoms with Crippen LogP contribution in [0.3, 0.4) is 0 Å². The molecule has 10 aromatic rings. The molecule has 0 N–H and O–H groups in total. The van der Waals surface area contributed by atoms with Crippen molar-refractivity contribution in [3.63, 3.8) is 0 Å². The van der Waals surface area contributed by atoms with Crippen LogP contribution in [0, 0.1) is 0 Å². The van der Waals surface area contributed by atoms with E-state index in [0.29, 0.717) is 0 Å². The highest BCUT2D eigenvalue weighted by atomic mass is 32.1. The highest BCUT2D eigenvalue weighted by molar-refractivity contribution is 7.24. The zero-order chi connectivity index (χ0) is 50.2. The minimum Gasteiger partial charge on any atom is -0.309 e. The largest absolute Gasteiger partial charge is 0.309 e. The molecule has 8 heteroatoms. The number of para-hydroxylation sites is 2. The second kappa shape index (κ2) is 16.4. The first-order chi connectivity index (χ1) is 34.2. The number of anilines is 6. The van der Waals surface area contributed by atoms with E-state index in [1.165, 1.54) is 49.5 Å². The lowest BCUT2D eigenvalue weighted by atomic mass is 9.37. The Labute approximate surface area is 434 Å². The van der Waals surface area contributed by atoms with E-state index in [0.717, 1.165) is 70.8 Å². The minimum absolute atomic E-state index is 0.00198. The molecule has 0 amide bonds. The fraction of sp³-hybridized carbons (Fsp3) is 0.250. The Bertz CT molecular complexity index is 3480. The van der Waals surface area contributed by atoms with Crippen LogP contribution in [0.4, 0.5) is 32.8 Å². The van der Waals surface area contributed by atoms with Crippen molar-refractivity contribution in [2.24, 2.45) is 0 Å². The van der Waals surface area contributed by atoms with Gasteiger partial charge in [0.1, 0.15) is 20.0 Å². The third-order valence-corrected chi connectivity index (χ3v) is 17.1. The molecule has 7 aromatic carbocycles. The standard InChI is InChI=1S/C64H62BN5S2/c1-61(2,3)41-25-21-39(22-26-41)57-66-55-59(71-57)69(45-33-29-43(30-34-45)63(7,8)9)52-37-47(68-50-19-15-13-17-48(50)49-18-14-16-20-51(49)68)38-53-54(52)65(55)56-60(70(53)46-35-31-44(32-36-46)64(10,11)12)72-58(67-56)40-23-27-42(28-24-40)62(4,5)6/h13-38H,1-12H3. The maximum absolute atomic E-state index is 5.80. The van der Waals surface area contributed by atoms with Crippen molar-refractivity contribution in [1.29, 1.82) is 0 Å². The molecule has 2 aliphatic rings. The SMILES string of the molecule is CC(C)(C)c1ccc(-c2nc3c(s2)N(c2ccc(C(C)(C)C)cc2)c2cc(-n4c5ccccc5c5ccccc54)cc4c2B3c2nc(-c3ccc(C(C)(C)C)cc3)sc2N4c2ccc(C(C)(C)C)cc2)cc1. The number of hydrogen-bond acceptors (Lipinski definition) is 6. The number of hydrogen-bond donors (Lipinski definition) is 0. The Morgan fingerprint density at radius 1 is 0.389 bits per heavy atom. The maximum Gasteiger partial charge on any atom is 0.300 e. The first-order valence-corrected chi connectivity index (χ1v) is 27.1. The van der Waals surface area contributed by atoms with Crippen LogP contribution >= 0.6 is 22.7 Å². The number of fused-ring (bicyclic) bond motifs is 7. The molecule has 0 saturated heterocycles. The maximum atomic E-state index is 5.80. The lowest BCUT2D eigenvalue weighted by Gasteiger charge is -2.41. The summed E-state index contributed by atoms with van der Waals surface area (Å²) in [5.41, 5.74) is 18.7. The zero-order valence-corrected chi connectivity index (χ0v) is 45.3. The third-order valence-electron chi connectivity index (χ3n) is 14.9. The molecule has 0 unspecified atom stereocenters. The summed E-state index contributed by atoms with van der Waals surface area (Å²) in [6, 6.07) is 59.4. The van der Waals surface area contributed by atoms with Crippen LogP contribution in [-0.4, -0.2) is 21.2 Å². The Hall–Kier alpha value is -6.74. The third kappa shape index (κ3) is 7.63. The molecule has 0 aliphatic carbocycles. The molecule has 5 nitrogen and oxygen atoms in total. The smallest absolute Gasteiger partial charge is 0.300 e.